The zero-order valence-corrected chi connectivity index (χ0v) is 16.4. The van der Waals surface area contributed by atoms with Gasteiger partial charge in [-0.3, -0.25) is 4.79 Å². The quantitative estimate of drug-likeness (QED) is 0.500. The topological polar surface area (TPSA) is 55.1 Å². The monoisotopic (exact) mass is 390 g/mol. The predicted octanol–water partition coefficient (Wildman–Crippen LogP) is 5.50. The molecule has 3 aromatic carbocycles. The first-order valence-electron chi connectivity index (χ1n) is 8.94. The molecule has 4 rings (SSSR count). The van der Waals surface area contributed by atoms with Crippen molar-refractivity contribution in [1.29, 1.82) is 0 Å². The summed E-state index contributed by atoms with van der Waals surface area (Å²) in [4.78, 5) is 15.9. The number of imidazole rings is 1. The summed E-state index contributed by atoms with van der Waals surface area (Å²) in [6, 6.07) is 15.8. The lowest BCUT2D eigenvalue weighted by Gasteiger charge is -2.16. The van der Waals surface area contributed by atoms with Crippen molar-refractivity contribution in [2.75, 3.05) is 0 Å². The number of halogens is 1. The van der Waals surface area contributed by atoms with Crippen LogP contribution in [0.4, 0.5) is 0 Å². The van der Waals surface area contributed by atoms with Crippen LogP contribution in [0.1, 0.15) is 11.1 Å². The summed E-state index contributed by atoms with van der Waals surface area (Å²) in [7, 11) is 1.94. The lowest BCUT2D eigenvalue weighted by atomic mass is 9.88. The number of aliphatic carboxylic acids is 1. The minimum Gasteiger partial charge on any atom is -0.481 e. The molecule has 0 saturated heterocycles. The summed E-state index contributed by atoms with van der Waals surface area (Å²) >= 11 is 6.06. The molecular weight excluding hydrogens is 372 g/mol. The predicted molar refractivity (Wildman–Crippen MR) is 113 cm³/mol. The smallest absolute Gasteiger partial charge is 0.307 e. The molecule has 1 N–H and O–H groups in total. The van der Waals surface area contributed by atoms with Crippen LogP contribution in [0.25, 0.3) is 33.2 Å². The van der Waals surface area contributed by atoms with Crippen molar-refractivity contribution in [2.24, 2.45) is 7.05 Å². The molecule has 1 heterocycles. The van der Waals surface area contributed by atoms with E-state index in [1.807, 2.05) is 61.1 Å². The van der Waals surface area contributed by atoms with Crippen molar-refractivity contribution < 1.29 is 9.90 Å². The fourth-order valence-corrected chi connectivity index (χ4v) is 3.76. The van der Waals surface area contributed by atoms with Gasteiger partial charge >= 0.3 is 5.97 Å². The summed E-state index contributed by atoms with van der Waals surface area (Å²) in [5.74, 6) is -0.845. The summed E-state index contributed by atoms with van der Waals surface area (Å²) in [6.45, 7) is 1.96. The summed E-state index contributed by atoms with van der Waals surface area (Å²) in [6.07, 6.45) is 3.73. The van der Waals surface area contributed by atoms with Crippen molar-refractivity contribution in [3.63, 3.8) is 0 Å². The van der Waals surface area contributed by atoms with Crippen LogP contribution >= 0.6 is 11.6 Å². The number of carbonyl (C=O) groups is 1. The number of fused-ring (bicyclic) bond motifs is 1. The van der Waals surface area contributed by atoms with Crippen LogP contribution in [0.2, 0.25) is 5.02 Å². The van der Waals surface area contributed by atoms with Gasteiger partial charge in [0.25, 0.3) is 0 Å². The third-order valence-corrected chi connectivity index (χ3v) is 5.18. The number of rotatable bonds is 4. The fraction of sp³-hybridized carbons (Fsp3) is 0.130. The molecule has 4 nitrogen and oxygen atoms in total. The van der Waals surface area contributed by atoms with E-state index >= 15 is 0 Å². The van der Waals surface area contributed by atoms with Gasteiger partial charge in [0.15, 0.2) is 0 Å². The van der Waals surface area contributed by atoms with Crippen molar-refractivity contribution in [3.05, 3.63) is 77.2 Å². The molecule has 0 amide bonds. The van der Waals surface area contributed by atoms with Crippen molar-refractivity contribution in [2.45, 2.75) is 13.3 Å². The Bertz CT molecular complexity index is 1190. The van der Waals surface area contributed by atoms with Crippen LogP contribution in [0.5, 0.6) is 0 Å². The first kappa shape index (κ1) is 18.3. The number of carboxylic acid groups (broad SMARTS) is 1. The molecule has 5 heteroatoms. The van der Waals surface area contributed by atoms with E-state index in [1.165, 1.54) is 0 Å². The Balaban J connectivity index is 1.98. The van der Waals surface area contributed by atoms with Crippen LogP contribution in [-0.2, 0) is 18.3 Å². The summed E-state index contributed by atoms with van der Waals surface area (Å²) in [5, 5.41) is 12.2. The van der Waals surface area contributed by atoms with Gasteiger partial charge in [0.1, 0.15) is 0 Å². The molecule has 1 aromatic heterocycles. The molecule has 0 fully saturated rings. The molecule has 28 heavy (non-hydrogen) atoms. The SMILES string of the molecule is Cc1cc2cc(-c3cn(C)cn3)ccc2c(-c2ccc(Cl)cc2)c1CC(=O)O. The molecule has 0 aliphatic carbocycles. The molecule has 0 atom stereocenters. The number of aromatic nitrogens is 2. The third kappa shape index (κ3) is 3.39. The Morgan fingerprint density at radius 3 is 2.46 bits per heavy atom. The highest BCUT2D eigenvalue weighted by Crippen LogP contribution is 2.37. The van der Waals surface area contributed by atoms with Crippen molar-refractivity contribution >= 4 is 28.3 Å². The maximum atomic E-state index is 11.5. The molecule has 0 unspecified atom stereocenters. The minimum absolute atomic E-state index is 0.0261. The van der Waals surface area contributed by atoms with Crippen LogP contribution in [0.3, 0.4) is 0 Å². The van der Waals surface area contributed by atoms with E-state index in [1.54, 1.807) is 6.33 Å². The molecule has 0 saturated carbocycles. The van der Waals surface area contributed by atoms with E-state index in [9.17, 15) is 9.90 Å². The Morgan fingerprint density at radius 2 is 1.82 bits per heavy atom. The molecule has 4 aromatic rings. The highest BCUT2D eigenvalue weighted by molar-refractivity contribution is 6.30. The van der Waals surface area contributed by atoms with Gasteiger partial charge in [0, 0.05) is 23.8 Å². The zero-order valence-electron chi connectivity index (χ0n) is 15.6. The van der Waals surface area contributed by atoms with E-state index in [0.29, 0.717) is 5.02 Å². The molecular formula is C23H19ClN2O2. The van der Waals surface area contributed by atoms with Crippen LogP contribution in [0, 0.1) is 6.92 Å². The summed E-state index contributed by atoms with van der Waals surface area (Å²) in [5.41, 5.74) is 5.62. The van der Waals surface area contributed by atoms with Gasteiger partial charge in [0.05, 0.1) is 18.4 Å². The van der Waals surface area contributed by atoms with E-state index in [0.717, 1.165) is 44.3 Å². The first-order valence-corrected chi connectivity index (χ1v) is 9.32. The molecule has 0 bridgehead atoms. The second kappa shape index (κ2) is 7.13. The van der Waals surface area contributed by atoms with Gasteiger partial charge in [-0.1, -0.05) is 41.9 Å². The van der Waals surface area contributed by atoms with Crippen LogP contribution in [-0.4, -0.2) is 20.6 Å². The molecule has 0 radical (unpaired) electrons. The Hall–Kier alpha value is -3.11. The Kier molecular flexibility index (Phi) is 4.65. The maximum Gasteiger partial charge on any atom is 0.307 e. The van der Waals surface area contributed by atoms with Gasteiger partial charge in [0.2, 0.25) is 0 Å². The number of hydrogen-bond donors (Lipinski definition) is 1. The second-order valence-corrected chi connectivity index (χ2v) is 7.42. The van der Waals surface area contributed by atoms with Crippen molar-refractivity contribution in [3.8, 4) is 22.4 Å². The second-order valence-electron chi connectivity index (χ2n) is 6.98. The molecule has 140 valence electrons. The maximum absolute atomic E-state index is 11.5. The highest BCUT2D eigenvalue weighted by atomic mass is 35.5. The van der Waals surface area contributed by atoms with Gasteiger partial charge in [-0.2, -0.15) is 0 Å². The Morgan fingerprint density at radius 1 is 1.11 bits per heavy atom. The van der Waals surface area contributed by atoms with Crippen LogP contribution < -0.4 is 0 Å². The van der Waals surface area contributed by atoms with Crippen molar-refractivity contribution in [1.82, 2.24) is 9.55 Å². The molecule has 0 aliphatic rings. The normalized spacial score (nSPS) is 11.1. The van der Waals surface area contributed by atoms with E-state index in [2.05, 4.69) is 17.1 Å². The van der Waals surface area contributed by atoms with Gasteiger partial charge in [-0.25, -0.2) is 4.98 Å². The lowest BCUT2D eigenvalue weighted by molar-refractivity contribution is -0.136. The number of aryl methyl sites for hydroxylation is 2. The fourth-order valence-electron chi connectivity index (χ4n) is 3.64. The van der Waals surface area contributed by atoms with E-state index in [-0.39, 0.29) is 6.42 Å². The highest BCUT2D eigenvalue weighted by Gasteiger charge is 2.16. The average molecular weight is 391 g/mol. The minimum atomic E-state index is -0.845. The first-order chi connectivity index (χ1) is 13.4. The number of nitrogens with zero attached hydrogens (tertiary/aromatic N) is 2. The third-order valence-electron chi connectivity index (χ3n) is 4.93. The lowest BCUT2D eigenvalue weighted by Crippen LogP contribution is -2.05. The summed E-state index contributed by atoms with van der Waals surface area (Å²) < 4.78 is 1.92. The number of benzene rings is 3. The number of hydrogen-bond acceptors (Lipinski definition) is 2. The largest absolute Gasteiger partial charge is 0.481 e. The standard InChI is InChI=1S/C23H19ClN2O2/c1-14-9-17-10-16(21-12-26(2)13-25-21)5-8-19(17)23(20(14)11-22(27)28)15-3-6-18(24)7-4-15/h3-10,12-13H,11H2,1-2H3,(H,27,28). The number of carboxylic acids is 1. The molecule has 0 spiro atoms. The zero-order chi connectivity index (χ0) is 19.8. The Labute approximate surface area is 168 Å². The van der Waals surface area contributed by atoms with Gasteiger partial charge in [-0.05, 0) is 58.1 Å². The van der Waals surface area contributed by atoms with E-state index in [4.69, 9.17) is 11.6 Å². The van der Waals surface area contributed by atoms with Crippen LogP contribution in [0.15, 0.2) is 61.1 Å². The van der Waals surface area contributed by atoms with E-state index < -0.39 is 5.97 Å². The van der Waals surface area contributed by atoms with Gasteiger partial charge in [-0.15, -0.1) is 0 Å². The average Bonchev–Trinajstić information content (AvgIpc) is 3.09. The molecule has 0 aliphatic heterocycles. The van der Waals surface area contributed by atoms with Gasteiger partial charge < -0.3 is 9.67 Å².